The Hall–Kier alpha value is -3.75. The van der Waals surface area contributed by atoms with Crippen LogP contribution in [0.3, 0.4) is 0 Å². The fourth-order valence-corrected chi connectivity index (χ4v) is 5.03. The Bertz CT molecular complexity index is 1450. The van der Waals surface area contributed by atoms with Crippen LogP contribution in [0.4, 0.5) is 10.1 Å². The van der Waals surface area contributed by atoms with E-state index in [1.807, 2.05) is 24.3 Å². The second kappa shape index (κ2) is 8.89. The minimum atomic E-state index is -0.442. The van der Waals surface area contributed by atoms with Gasteiger partial charge in [-0.2, -0.15) is 0 Å². The molecule has 4 aromatic rings. The van der Waals surface area contributed by atoms with E-state index in [0.717, 1.165) is 10.2 Å². The average Bonchev–Trinajstić information content (AvgIpc) is 3.38. The molecule has 2 heterocycles. The number of aliphatic hydroxyl groups excluding tert-OH is 1. The predicted octanol–water partition coefficient (Wildman–Crippen LogP) is 5.79. The minimum absolute atomic E-state index is 0.0601. The normalized spacial score (nSPS) is 13.7. The first-order valence-corrected chi connectivity index (χ1v) is 11.6. The third-order valence-electron chi connectivity index (χ3n) is 5.49. The molecule has 0 aliphatic carbocycles. The number of aromatic nitrogens is 1. The molecular weight excluding hydrogens is 475 g/mol. The van der Waals surface area contributed by atoms with Gasteiger partial charge >= 0.3 is 0 Å². The molecule has 170 valence electrons. The summed E-state index contributed by atoms with van der Waals surface area (Å²) < 4.78 is 14.2. The number of benzene rings is 3. The summed E-state index contributed by atoms with van der Waals surface area (Å²) in [5, 5.41) is 22.9. The Labute approximate surface area is 203 Å². The van der Waals surface area contributed by atoms with Gasteiger partial charge in [0.25, 0.3) is 5.91 Å². The highest BCUT2D eigenvalue weighted by Gasteiger charge is 2.31. The van der Waals surface area contributed by atoms with Crippen LogP contribution >= 0.6 is 22.9 Å². The molecule has 1 aliphatic rings. The number of nitrogens with zero attached hydrogens (tertiary/aromatic N) is 2. The molecule has 0 atom stereocenters. The number of rotatable bonds is 5. The zero-order valence-electron chi connectivity index (χ0n) is 17.7. The number of hydrogen-bond acceptors (Lipinski definition) is 5. The summed E-state index contributed by atoms with van der Waals surface area (Å²) >= 11 is 7.45. The number of thiazole rings is 1. The molecule has 3 aromatic carbocycles. The molecule has 3 N–H and O–H groups in total. The molecule has 5 rings (SSSR count). The van der Waals surface area contributed by atoms with E-state index < -0.39 is 5.82 Å². The third-order valence-corrected chi connectivity index (χ3v) is 6.89. The molecule has 0 spiro atoms. The van der Waals surface area contributed by atoms with Crippen LogP contribution in [0.1, 0.15) is 20.9 Å². The number of halogens is 2. The predicted molar refractivity (Wildman–Crippen MR) is 133 cm³/mol. The highest BCUT2D eigenvalue weighted by Crippen LogP contribution is 2.35. The molecule has 1 amide bonds. The van der Waals surface area contributed by atoms with Crippen LogP contribution in [0, 0.1) is 11.2 Å². The van der Waals surface area contributed by atoms with Crippen molar-refractivity contribution in [2.75, 3.05) is 11.4 Å². The van der Waals surface area contributed by atoms with E-state index in [0.29, 0.717) is 27.4 Å². The van der Waals surface area contributed by atoms with Crippen molar-refractivity contribution in [2.24, 2.45) is 0 Å². The molecule has 0 saturated carbocycles. The molecule has 0 saturated heterocycles. The van der Waals surface area contributed by atoms with Crippen molar-refractivity contribution in [1.82, 2.24) is 10.3 Å². The standard InChI is InChI=1S/C25H18ClFN4O2S/c26-18-11-16(27)9-8-15(18)12-29-24(33)14-4-3-5-17(10-14)31-13-20(32)22(23(31)28)25-30-19-6-1-2-7-21(19)34-25/h1-11,28,32H,12-13H2,(H,29,33). The fourth-order valence-electron chi connectivity index (χ4n) is 3.76. The van der Waals surface area contributed by atoms with Crippen LogP contribution in [0.5, 0.6) is 0 Å². The Kier molecular flexibility index (Phi) is 5.77. The van der Waals surface area contributed by atoms with Crippen molar-refractivity contribution < 1.29 is 14.3 Å². The highest BCUT2D eigenvalue weighted by molar-refractivity contribution is 7.19. The van der Waals surface area contributed by atoms with Gasteiger partial charge in [-0.25, -0.2) is 9.37 Å². The first-order chi connectivity index (χ1) is 16.4. The maximum absolute atomic E-state index is 13.2. The molecule has 0 fully saturated rings. The molecule has 34 heavy (non-hydrogen) atoms. The number of amidine groups is 1. The van der Waals surface area contributed by atoms with Gasteiger partial charge in [-0.3, -0.25) is 10.2 Å². The number of amides is 1. The zero-order chi connectivity index (χ0) is 23.8. The van der Waals surface area contributed by atoms with Crippen molar-refractivity contribution in [2.45, 2.75) is 6.54 Å². The van der Waals surface area contributed by atoms with Gasteiger partial charge in [0.05, 0.1) is 22.3 Å². The van der Waals surface area contributed by atoms with Crippen molar-refractivity contribution in [3.63, 3.8) is 0 Å². The first kappa shape index (κ1) is 22.1. The van der Waals surface area contributed by atoms with Crippen LogP contribution in [0.25, 0.3) is 15.8 Å². The summed E-state index contributed by atoms with van der Waals surface area (Å²) in [6, 6.07) is 18.5. The number of hydrogen-bond donors (Lipinski definition) is 3. The maximum Gasteiger partial charge on any atom is 0.251 e. The van der Waals surface area contributed by atoms with Gasteiger partial charge in [0.1, 0.15) is 22.4 Å². The number of nitrogens with one attached hydrogen (secondary N) is 2. The van der Waals surface area contributed by atoms with E-state index in [1.54, 1.807) is 29.2 Å². The average molecular weight is 493 g/mol. The second-order valence-electron chi connectivity index (χ2n) is 7.71. The Morgan fingerprint density at radius 3 is 2.79 bits per heavy atom. The topological polar surface area (TPSA) is 89.3 Å². The number of fused-ring (bicyclic) bond motifs is 1. The quantitative estimate of drug-likeness (QED) is 0.329. The molecular formula is C25H18ClFN4O2S. The lowest BCUT2D eigenvalue weighted by molar-refractivity contribution is 0.0951. The van der Waals surface area contributed by atoms with Gasteiger partial charge < -0.3 is 15.3 Å². The number of carbonyl (C=O) groups excluding carboxylic acids is 1. The lowest BCUT2D eigenvalue weighted by Crippen LogP contribution is -2.27. The van der Waals surface area contributed by atoms with Gasteiger partial charge in [0.2, 0.25) is 0 Å². The van der Waals surface area contributed by atoms with Crippen LogP contribution in [0.2, 0.25) is 5.02 Å². The van der Waals surface area contributed by atoms with E-state index in [2.05, 4.69) is 10.3 Å². The Morgan fingerprint density at radius 2 is 2.00 bits per heavy atom. The van der Waals surface area contributed by atoms with Crippen LogP contribution < -0.4 is 10.2 Å². The highest BCUT2D eigenvalue weighted by atomic mass is 35.5. The zero-order valence-corrected chi connectivity index (χ0v) is 19.3. The summed E-state index contributed by atoms with van der Waals surface area (Å²) in [7, 11) is 0. The van der Waals surface area contributed by atoms with E-state index in [1.165, 1.54) is 29.5 Å². The fraction of sp³-hybridized carbons (Fsp3) is 0.0800. The van der Waals surface area contributed by atoms with Crippen LogP contribution in [-0.2, 0) is 6.54 Å². The van der Waals surface area contributed by atoms with Gasteiger partial charge in [0.15, 0.2) is 0 Å². The number of carbonyl (C=O) groups is 1. The number of para-hydroxylation sites is 1. The third kappa shape index (κ3) is 4.13. The van der Waals surface area contributed by atoms with Gasteiger partial charge in [0, 0.05) is 22.8 Å². The van der Waals surface area contributed by atoms with E-state index in [-0.39, 0.29) is 35.6 Å². The number of aliphatic hydroxyl groups is 1. The lowest BCUT2D eigenvalue weighted by atomic mass is 10.1. The summed E-state index contributed by atoms with van der Waals surface area (Å²) in [5.41, 5.74) is 2.79. The molecule has 0 radical (unpaired) electrons. The maximum atomic E-state index is 13.2. The van der Waals surface area contributed by atoms with Gasteiger partial charge in [-0.05, 0) is 48.0 Å². The molecule has 1 aromatic heterocycles. The Morgan fingerprint density at radius 1 is 1.18 bits per heavy atom. The lowest BCUT2D eigenvalue weighted by Gasteiger charge is -2.19. The van der Waals surface area contributed by atoms with Crippen LogP contribution in [0.15, 0.2) is 72.5 Å². The van der Waals surface area contributed by atoms with Crippen molar-refractivity contribution in [1.29, 1.82) is 5.41 Å². The SMILES string of the molecule is N=C1C(c2nc3ccccc3s2)=C(O)CN1c1cccc(C(=O)NCc2ccc(F)cc2Cl)c1. The van der Waals surface area contributed by atoms with Crippen molar-refractivity contribution >= 4 is 56.2 Å². The monoisotopic (exact) mass is 492 g/mol. The summed E-state index contributed by atoms with van der Waals surface area (Å²) in [4.78, 5) is 18.9. The van der Waals surface area contributed by atoms with E-state index in [4.69, 9.17) is 17.0 Å². The van der Waals surface area contributed by atoms with E-state index >= 15 is 0 Å². The molecule has 9 heteroatoms. The van der Waals surface area contributed by atoms with E-state index in [9.17, 15) is 14.3 Å². The first-order valence-electron chi connectivity index (χ1n) is 10.4. The summed E-state index contributed by atoms with van der Waals surface area (Å²) in [6.45, 7) is 0.256. The second-order valence-corrected chi connectivity index (χ2v) is 9.15. The largest absolute Gasteiger partial charge is 0.510 e. The molecule has 0 bridgehead atoms. The molecule has 0 unspecified atom stereocenters. The summed E-state index contributed by atoms with van der Waals surface area (Å²) in [6.07, 6.45) is 0. The van der Waals surface area contributed by atoms with Gasteiger partial charge in [-0.15, -0.1) is 11.3 Å². The minimum Gasteiger partial charge on any atom is -0.510 e. The smallest absolute Gasteiger partial charge is 0.251 e. The summed E-state index contributed by atoms with van der Waals surface area (Å²) in [5.74, 6) is -0.600. The molecule has 6 nitrogen and oxygen atoms in total. The number of anilines is 1. The van der Waals surface area contributed by atoms with Crippen molar-refractivity contribution in [3.8, 4) is 0 Å². The van der Waals surface area contributed by atoms with Gasteiger partial charge in [-0.1, -0.05) is 35.9 Å². The Balaban J connectivity index is 1.34. The van der Waals surface area contributed by atoms with Crippen LogP contribution in [-0.4, -0.2) is 28.4 Å². The molecule has 1 aliphatic heterocycles. The van der Waals surface area contributed by atoms with Crippen molar-refractivity contribution in [3.05, 3.63) is 99.5 Å².